The summed E-state index contributed by atoms with van der Waals surface area (Å²) in [6, 6.07) is -1.59. The van der Waals surface area contributed by atoms with E-state index in [-0.39, 0.29) is 12.8 Å². The fraction of sp³-hybridized carbons (Fsp3) is 0.524. The zero-order chi connectivity index (χ0) is 21.4. The van der Waals surface area contributed by atoms with Gasteiger partial charge in [0.15, 0.2) is 0 Å². The highest BCUT2D eigenvalue weighted by atomic mass is 16.5. The Kier molecular flexibility index (Phi) is 13.9. The van der Waals surface area contributed by atoms with E-state index in [4.69, 9.17) is 4.74 Å². The van der Waals surface area contributed by atoms with Crippen molar-refractivity contribution in [3.63, 3.8) is 0 Å². The van der Waals surface area contributed by atoms with E-state index in [0.717, 1.165) is 19.1 Å². The van der Waals surface area contributed by atoms with Gasteiger partial charge in [-0.25, -0.2) is 4.79 Å². The van der Waals surface area contributed by atoms with Crippen LogP contribution in [-0.2, 0) is 23.9 Å². The van der Waals surface area contributed by atoms with Gasteiger partial charge in [0.25, 0.3) is 0 Å². The molecule has 0 aliphatic carbocycles. The highest BCUT2D eigenvalue weighted by Crippen LogP contribution is 2.14. The zero-order valence-electron chi connectivity index (χ0n) is 16.9. The molecule has 1 atom stereocenters. The van der Waals surface area contributed by atoms with Gasteiger partial charge < -0.3 is 9.84 Å². The monoisotopic (exact) mass is 393 g/mol. The van der Waals surface area contributed by atoms with E-state index in [1.807, 2.05) is 26.0 Å². The van der Waals surface area contributed by atoms with Crippen molar-refractivity contribution < 1.29 is 29.0 Å². The van der Waals surface area contributed by atoms with Crippen molar-refractivity contribution in [1.29, 1.82) is 0 Å². The normalized spacial score (nSPS) is 12.5. The Balaban J connectivity index is 5.41. The number of carboxylic acid groups (broad SMARTS) is 1. The van der Waals surface area contributed by atoms with Crippen LogP contribution in [0.25, 0.3) is 0 Å². The van der Waals surface area contributed by atoms with Crippen LogP contribution in [0.1, 0.15) is 65.7 Å². The molecule has 0 rings (SSSR count). The maximum atomic E-state index is 12.6. The molecule has 2 amide bonds. The maximum Gasteiger partial charge on any atom is 0.327 e. The number of hydrogen-bond acceptors (Lipinski definition) is 5. The number of allylic oxidation sites excluding steroid dienone is 5. The Labute approximate surface area is 166 Å². The van der Waals surface area contributed by atoms with E-state index in [1.54, 1.807) is 19.1 Å². The number of aliphatic carboxylic acids is 1. The second kappa shape index (κ2) is 15.4. The Morgan fingerprint density at radius 3 is 1.82 bits per heavy atom. The van der Waals surface area contributed by atoms with Gasteiger partial charge in [-0.05, 0) is 32.6 Å². The molecule has 0 radical (unpaired) electrons. The van der Waals surface area contributed by atoms with Gasteiger partial charge in [0, 0.05) is 12.8 Å². The lowest BCUT2D eigenvalue weighted by Crippen LogP contribution is -2.49. The Hall–Kier alpha value is -2.70. The van der Waals surface area contributed by atoms with E-state index in [0.29, 0.717) is 17.7 Å². The summed E-state index contributed by atoms with van der Waals surface area (Å²) in [5, 5.41) is 9.54. The molecule has 156 valence electrons. The Bertz CT molecular complexity index is 576. The van der Waals surface area contributed by atoms with Gasteiger partial charge in [0.2, 0.25) is 11.8 Å². The van der Waals surface area contributed by atoms with Crippen LogP contribution in [0.15, 0.2) is 36.6 Å². The molecule has 7 nitrogen and oxygen atoms in total. The third-order valence-electron chi connectivity index (χ3n) is 3.68. The molecule has 0 saturated heterocycles. The van der Waals surface area contributed by atoms with Gasteiger partial charge in [0.1, 0.15) is 6.04 Å². The molecule has 0 aromatic heterocycles. The van der Waals surface area contributed by atoms with Crippen LogP contribution < -0.4 is 0 Å². The Morgan fingerprint density at radius 2 is 1.43 bits per heavy atom. The Morgan fingerprint density at radius 1 is 0.929 bits per heavy atom. The molecule has 0 fully saturated rings. The van der Waals surface area contributed by atoms with E-state index in [9.17, 15) is 24.3 Å². The largest absolute Gasteiger partial charge is 0.480 e. The van der Waals surface area contributed by atoms with E-state index >= 15 is 0 Å². The lowest BCUT2D eigenvalue weighted by atomic mass is 10.1. The topological polar surface area (TPSA) is 101 Å². The first-order valence-corrected chi connectivity index (χ1v) is 9.57. The predicted octanol–water partition coefficient (Wildman–Crippen LogP) is 3.75. The summed E-state index contributed by atoms with van der Waals surface area (Å²) < 4.78 is 4.75. The standard InChI is InChI=1S/C21H31NO6/c1-4-7-9-11-13-18(23)22(19(24)14-12-10-8-5-2)17(21(26)27)16-20(25)28-15-6-3/h6-10,15,17H,4-5,11-14,16H2,1-3H3,(H,26,27)/b9-7+,10-8+,15-6+. The van der Waals surface area contributed by atoms with Crippen LogP contribution in [0.5, 0.6) is 0 Å². The molecule has 0 saturated carbocycles. The lowest BCUT2D eigenvalue weighted by Gasteiger charge is -2.26. The molecule has 0 bridgehead atoms. The highest BCUT2D eigenvalue weighted by Gasteiger charge is 2.35. The molecule has 1 unspecified atom stereocenters. The number of carbonyl (C=O) groups is 4. The molecule has 0 aromatic rings. The van der Waals surface area contributed by atoms with E-state index in [2.05, 4.69) is 0 Å². The maximum absolute atomic E-state index is 12.6. The van der Waals surface area contributed by atoms with Crippen molar-refractivity contribution in [2.75, 3.05) is 0 Å². The third kappa shape index (κ3) is 10.4. The van der Waals surface area contributed by atoms with Gasteiger partial charge in [-0.1, -0.05) is 44.2 Å². The number of carbonyl (C=O) groups excluding carboxylic acids is 3. The molecule has 0 aliphatic rings. The van der Waals surface area contributed by atoms with Crippen LogP contribution in [0.2, 0.25) is 0 Å². The summed E-state index contributed by atoms with van der Waals surface area (Å²) in [5.74, 6) is -3.48. The lowest BCUT2D eigenvalue weighted by molar-refractivity contribution is -0.160. The smallest absolute Gasteiger partial charge is 0.327 e. The van der Waals surface area contributed by atoms with Gasteiger partial charge in [-0.15, -0.1) is 0 Å². The van der Waals surface area contributed by atoms with E-state index in [1.165, 1.54) is 6.08 Å². The predicted molar refractivity (Wildman–Crippen MR) is 106 cm³/mol. The fourth-order valence-electron chi connectivity index (χ4n) is 2.35. The van der Waals surface area contributed by atoms with Gasteiger partial charge in [-0.2, -0.15) is 0 Å². The first-order chi connectivity index (χ1) is 13.4. The summed E-state index contributed by atoms with van der Waals surface area (Å²) in [6.07, 6.45) is 11.8. The quantitative estimate of drug-likeness (QED) is 0.290. The number of nitrogens with zero attached hydrogens (tertiary/aromatic N) is 1. The summed E-state index contributed by atoms with van der Waals surface area (Å²) in [6.45, 7) is 5.54. The molecule has 0 spiro atoms. The van der Waals surface area contributed by atoms with Gasteiger partial charge >= 0.3 is 11.9 Å². The highest BCUT2D eigenvalue weighted by molar-refractivity contribution is 6.00. The van der Waals surface area contributed by atoms with E-state index < -0.39 is 36.2 Å². The molecule has 0 aromatic carbocycles. The number of hydrogen-bond donors (Lipinski definition) is 1. The van der Waals surface area contributed by atoms with Crippen molar-refractivity contribution in [3.8, 4) is 0 Å². The van der Waals surface area contributed by atoms with Crippen molar-refractivity contribution >= 4 is 23.8 Å². The average Bonchev–Trinajstić information content (AvgIpc) is 2.66. The number of amides is 2. The minimum Gasteiger partial charge on any atom is -0.480 e. The molecular formula is C21H31NO6. The number of ether oxygens (including phenoxy) is 1. The number of carboxylic acids is 1. The van der Waals surface area contributed by atoms with Crippen molar-refractivity contribution in [2.45, 2.75) is 71.8 Å². The average molecular weight is 393 g/mol. The summed E-state index contributed by atoms with van der Waals surface area (Å²) in [7, 11) is 0. The second-order valence-electron chi connectivity index (χ2n) is 6.01. The summed E-state index contributed by atoms with van der Waals surface area (Å²) in [4.78, 5) is 49.5. The molecule has 1 N–H and O–H groups in total. The molecule has 0 heterocycles. The molecular weight excluding hydrogens is 362 g/mol. The first-order valence-electron chi connectivity index (χ1n) is 9.57. The minimum absolute atomic E-state index is 0.0132. The fourth-order valence-corrected chi connectivity index (χ4v) is 2.35. The van der Waals surface area contributed by atoms with Crippen molar-refractivity contribution in [1.82, 2.24) is 4.90 Å². The number of rotatable bonds is 13. The van der Waals surface area contributed by atoms with Gasteiger partial charge in [0.05, 0.1) is 12.7 Å². The SMILES string of the molecule is C/C=C/OC(=O)CC(C(=O)O)N(C(=O)CC/C=C/CC)C(=O)CC/C=C/CC. The summed E-state index contributed by atoms with van der Waals surface area (Å²) in [5.41, 5.74) is 0. The van der Waals surface area contributed by atoms with Crippen LogP contribution in [-0.4, -0.2) is 39.8 Å². The van der Waals surface area contributed by atoms with Crippen LogP contribution in [0, 0.1) is 0 Å². The number of esters is 1. The third-order valence-corrected chi connectivity index (χ3v) is 3.68. The zero-order valence-corrected chi connectivity index (χ0v) is 16.9. The van der Waals surface area contributed by atoms with Gasteiger partial charge in [-0.3, -0.25) is 19.3 Å². The number of imide groups is 1. The molecule has 0 aliphatic heterocycles. The summed E-state index contributed by atoms with van der Waals surface area (Å²) >= 11 is 0. The second-order valence-corrected chi connectivity index (χ2v) is 6.01. The van der Waals surface area contributed by atoms with Crippen molar-refractivity contribution in [3.05, 3.63) is 36.6 Å². The van der Waals surface area contributed by atoms with Crippen LogP contribution >= 0.6 is 0 Å². The molecule has 7 heteroatoms. The first kappa shape index (κ1) is 25.3. The molecule has 28 heavy (non-hydrogen) atoms. The van der Waals surface area contributed by atoms with Crippen LogP contribution in [0.3, 0.4) is 0 Å². The van der Waals surface area contributed by atoms with Crippen molar-refractivity contribution in [2.24, 2.45) is 0 Å². The van der Waals surface area contributed by atoms with Crippen LogP contribution in [0.4, 0.5) is 0 Å². The minimum atomic E-state index is -1.59.